The minimum Gasteiger partial charge on any atom is -0.497 e. The smallest absolute Gasteiger partial charge is 0.119 e. The molecule has 1 rings (SSSR count). The molecule has 0 aliphatic heterocycles. The molecule has 5 heteroatoms. The predicted molar refractivity (Wildman–Crippen MR) is 63.0 cm³/mol. The van der Waals surface area contributed by atoms with Gasteiger partial charge in [0, 0.05) is 5.56 Å². The first-order chi connectivity index (χ1) is 6.69. The van der Waals surface area contributed by atoms with Crippen molar-refractivity contribution in [2.75, 3.05) is 7.11 Å². The van der Waals surface area contributed by atoms with Crippen LogP contribution in [0.25, 0.3) is 0 Å². The van der Waals surface area contributed by atoms with Crippen LogP contribution in [0.3, 0.4) is 0 Å². The Labute approximate surface area is 99.0 Å². The zero-order valence-corrected chi connectivity index (χ0v) is 10.6. The van der Waals surface area contributed by atoms with Gasteiger partial charge in [-0.15, -0.1) is 0 Å². The molecule has 0 saturated carbocycles. The number of oxime groups is 1. The molecule has 0 atom stereocenters. The molecule has 1 aromatic carbocycles. The molecule has 0 saturated heterocycles. The van der Waals surface area contributed by atoms with Gasteiger partial charge in [-0.05, 0) is 12.1 Å². The second kappa shape index (κ2) is 5.36. The van der Waals surface area contributed by atoms with Gasteiger partial charge in [0.2, 0.25) is 0 Å². The number of hydrogen-bond donors (Lipinski definition) is 1. The Hall–Kier alpha value is -0.550. The Morgan fingerprint density at radius 3 is 2.71 bits per heavy atom. The van der Waals surface area contributed by atoms with E-state index in [-0.39, 0.29) is 3.74 Å². The summed E-state index contributed by atoms with van der Waals surface area (Å²) in [5.74, 6) is 0.726. The van der Waals surface area contributed by atoms with Crippen LogP contribution in [-0.4, -0.2) is 21.8 Å². The molecule has 14 heavy (non-hydrogen) atoms. The lowest BCUT2D eigenvalue weighted by Gasteiger charge is -2.06. The van der Waals surface area contributed by atoms with Gasteiger partial charge < -0.3 is 9.94 Å². The fourth-order valence-corrected chi connectivity index (χ4v) is 1.72. The van der Waals surface area contributed by atoms with Crippen molar-refractivity contribution in [3.05, 3.63) is 29.8 Å². The Bertz CT molecular complexity index is 339. The second-order valence-electron chi connectivity index (χ2n) is 2.52. The number of alkyl halides is 2. The summed E-state index contributed by atoms with van der Waals surface area (Å²) in [5.41, 5.74) is 1.30. The summed E-state index contributed by atoms with van der Waals surface area (Å²) >= 11 is 6.54. The van der Waals surface area contributed by atoms with E-state index >= 15 is 0 Å². The standard InChI is InChI=1S/C9H9Br2NO2/c1-14-7-4-2-3-6(5-7)8(12-13)9(10)11/h2-5,9,13H,1H3/b12-8-. The topological polar surface area (TPSA) is 41.8 Å². The second-order valence-corrected chi connectivity index (χ2v) is 5.58. The molecule has 0 bridgehead atoms. The first-order valence-electron chi connectivity index (χ1n) is 3.83. The van der Waals surface area contributed by atoms with E-state index in [4.69, 9.17) is 9.94 Å². The number of hydrogen-bond acceptors (Lipinski definition) is 3. The van der Waals surface area contributed by atoms with Crippen molar-refractivity contribution < 1.29 is 9.94 Å². The summed E-state index contributed by atoms with van der Waals surface area (Å²) in [4.78, 5) is 0. The van der Waals surface area contributed by atoms with Crippen molar-refractivity contribution in [2.24, 2.45) is 5.16 Å². The van der Waals surface area contributed by atoms with Crippen LogP contribution < -0.4 is 4.74 Å². The minimum atomic E-state index is -0.188. The first kappa shape index (κ1) is 11.5. The molecule has 76 valence electrons. The average Bonchev–Trinajstić information content (AvgIpc) is 2.19. The van der Waals surface area contributed by atoms with Crippen LogP contribution in [0.2, 0.25) is 0 Å². The predicted octanol–water partition coefficient (Wildman–Crippen LogP) is 2.99. The number of halogens is 2. The van der Waals surface area contributed by atoms with Crippen molar-refractivity contribution in [3.63, 3.8) is 0 Å². The molecule has 0 radical (unpaired) electrons. The SMILES string of the molecule is COc1cccc(/C(=N/O)C(Br)Br)c1. The van der Waals surface area contributed by atoms with Crippen molar-refractivity contribution in [1.82, 2.24) is 0 Å². The van der Waals surface area contributed by atoms with Crippen molar-refractivity contribution in [3.8, 4) is 5.75 Å². The third-order valence-electron chi connectivity index (χ3n) is 1.68. The van der Waals surface area contributed by atoms with Crippen LogP contribution in [0.1, 0.15) is 5.56 Å². The van der Waals surface area contributed by atoms with E-state index in [1.165, 1.54) is 0 Å². The zero-order chi connectivity index (χ0) is 10.6. The summed E-state index contributed by atoms with van der Waals surface area (Å²) in [6.45, 7) is 0. The maximum atomic E-state index is 8.80. The van der Waals surface area contributed by atoms with Gasteiger partial charge >= 0.3 is 0 Å². The molecule has 0 amide bonds. The fraction of sp³-hybridized carbons (Fsp3) is 0.222. The van der Waals surface area contributed by atoms with Crippen molar-refractivity contribution in [1.29, 1.82) is 0 Å². The minimum absolute atomic E-state index is 0.188. The molecule has 0 heterocycles. The quantitative estimate of drug-likeness (QED) is 0.402. The first-order valence-corrected chi connectivity index (χ1v) is 5.66. The largest absolute Gasteiger partial charge is 0.497 e. The normalized spacial score (nSPS) is 11.9. The summed E-state index contributed by atoms with van der Waals surface area (Å²) < 4.78 is 4.87. The fourth-order valence-electron chi connectivity index (χ4n) is 1.01. The molecule has 0 spiro atoms. The zero-order valence-electron chi connectivity index (χ0n) is 7.45. The van der Waals surface area contributed by atoms with E-state index in [0.29, 0.717) is 5.71 Å². The molecular formula is C9H9Br2NO2. The Morgan fingerprint density at radius 2 is 2.21 bits per heavy atom. The molecule has 0 aromatic heterocycles. The third kappa shape index (κ3) is 2.72. The van der Waals surface area contributed by atoms with E-state index < -0.39 is 0 Å². The van der Waals surface area contributed by atoms with E-state index in [1.807, 2.05) is 18.2 Å². The Kier molecular flexibility index (Phi) is 4.41. The van der Waals surface area contributed by atoms with Gasteiger partial charge in [-0.1, -0.05) is 49.1 Å². The molecule has 0 unspecified atom stereocenters. The highest BCUT2D eigenvalue weighted by atomic mass is 79.9. The number of methoxy groups -OCH3 is 1. The lowest BCUT2D eigenvalue weighted by Crippen LogP contribution is -2.09. The highest BCUT2D eigenvalue weighted by molar-refractivity contribution is 9.25. The van der Waals surface area contributed by atoms with Crippen LogP contribution in [-0.2, 0) is 0 Å². The maximum Gasteiger partial charge on any atom is 0.119 e. The molecule has 1 aromatic rings. The molecule has 0 aliphatic rings. The van der Waals surface area contributed by atoms with Gasteiger partial charge in [-0.25, -0.2) is 0 Å². The van der Waals surface area contributed by atoms with E-state index in [9.17, 15) is 0 Å². The highest BCUT2D eigenvalue weighted by Crippen LogP contribution is 2.20. The van der Waals surface area contributed by atoms with E-state index in [2.05, 4.69) is 37.0 Å². The van der Waals surface area contributed by atoms with E-state index in [1.54, 1.807) is 13.2 Å². The summed E-state index contributed by atoms with van der Waals surface area (Å²) in [5, 5.41) is 12.0. The Morgan fingerprint density at radius 1 is 1.50 bits per heavy atom. The number of nitrogens with zero attached hydrogens (tertiary/aromatic N) is 1. The Balaban J connectivity index is 3.05. The summed E-state index contributed by atoms with van der Waals surface area (Å²) in [6.07, 6.45) is 0. The molecular weight excluding hydrogens is 314 g/mol. The highest BCUT2D eigenvalue weighted by Gasteiger charge is 2.12. The van der Waals surface area contributed by atoms with Crippen LogP contribution in [0.15, 0.2) is 29.4 Å². The van der Waals surface area contributed by atoms with Crippen LogP contribution in [0.5, 0.6) is 5.75 Å². The van der Waals surface area contributed by atoms with Crippen LogP contribution in [0.4, 0.5) is 0 Å². The van der Waals surface area contributed by atoms with Gasteiger partial charge in [0.15, 0.2) is 0 Å². The summed E-state index contributed by atoms with van der Waals surface area (Å²) in [6, 6.07) is 7.30. The number of benzene rings is 1. The van der Waals surface area contributed by atoms with Gasteiger partial charge in [-0.2, -0.15) is 0 Å². The summed E-state index contributed by atoms with van der Waals surface area (Å²) in [7, 11) is 1.59. The molecule has 1 N–H and O–H groups in total. The van der Waals surface area contributed by atoms with E-state index in [0.717, 1.165) is 11.3 Å². The number of rotatable bonds is 3. The molecule has 0 aliphatic carbocycles. The number of ether oxygens (including phenoxy) is 1. The van der Waals surface area contributed by atoms with Gasteiger partial charge in [0.05, 0.1) is 7.11 Å². The van der Waals surface area contributed by atoms with Gasteiger partial charge in [0.1, 0.15) is 15.2 Å². The van der Waals surface area contributed by atoms with Crippen molar-refractivity contribution >= 4 is 37.6 Å². The third-order valence-corrected chi connectivity index (χ3v) is 2.55. The van der Waals surface area contributed by atoms with Crippen LogP contribution in [0, 0.1) is 0 Å². The lowest BCUT2D eigenvalue weighted by molar-refractivity contribution is 0.319. The lowest BCUT2D eigenvalue weighted by atomic mass is 10.1. The monoisotopic (exact) mass is 321 g/mol. The van der Waals surface area contributed by atoms with Gasteiger partial charge in [0.25, 0.3) is 0 Å². The molecule has 0 fully saturated rings. The van der Waals surface area contributed by atoms with Gasteiger partial charge in [-0.3, -0.25) is 0 Å². The van der Waals surface area contributed by atoms with Crippen LogP contribution >= 0.6 is 31.9 Å². The maximum absolute atomic E-state index is 8.80. The van der Waals surface area contributed by atoms with Crippen molar-refractivity contribution in [2.45, 2.75) is 3.74 Å². The average molecular weight is 323 g/mol. The molecule has 3 nitrogen and oxygen atoms in total.